The molecule has 0 saturated carbocycles. The van der Waals surface area contributed by atoms with Gasteiger partial charge in [-0.3, -0.25) is 0 Å². The van der Waals surface area contributed by atoms with E-state index in [-0.39, 0.29) is 11.7 Å². The Morgan fingerprint density at radius 2 is 2.30 bits per heavy atom. The van der Waals surface area contributed by atoms with Crippen LogP contribution in [0.25, 0.3) is 0 Å². The minimum absolute atomic E-state index is 0.0856. The lowest BCUT2D eigenvalue weighted by Crippen LogP contribution is -2.51. The van der Waals surface area contributed by atoms with Crippen LogP contribution in [0.2, 0.25) is 0 Å². The van der Waals surface area contributed by atoms with Gasteiger partial charge in [0.1, 0.15) is 0 Å². The highest BCUT2D eigenvalue weighted by atomic mass is 32.2. The minimum Gasteiger partial charge on any atom is -0.393 e. The highest BCUT2D eigenvalue weighted by molar-refractivity contribution is 8.00. The van der Waals surface area contributed by atoms with E-state index < -0.39 is 0 Å². The number of hydrogen-bond donors (Lipinski definition) is 1. The van der Waals surface area contributed by atoms with E-state index in [0.717, 1.165) is 31.0 Å². The average molecular weight is 160 g/mol. The van der Waals surface area contributed by atoms with Gasteiger partial charge in [0.2, 0.25) is 0 Å². The molecule has 58 valence electrons. The molecule has 2 fully saturated rings. The molecule has 0 aromatic carbocycles. The molecule has 1 N–H and O–H groups in total. The summed E-state index contributed by atoms with van der Waals surface area (Å²) in [4.78, 5) is 0. The van der Waals surface area contributed by atoms with E-state index in [4.69, 9.17) is 4.74 Å². The molecule has 10 heavy (non-hydrogen) atoms. The van der Waals surface area contributed by atoms with Gasteiger partial charge in [0.25, 0.3) is 0 Å². The van der Waals surface area contributed by atoms with Crippen molar-refractivity contribution >= 4 is 11.8 Å². The zero-order chi connectivity index (χ0) is 7.03. The van der Waals surface area contributed by atoms with Crippen molar-refractivity contribution in [1.82, 2.24) is 0 Å². The lowest BCUT2D eigenvalue weighted by Gasteiger charge is -2.45. The maximum absolute atomic E-state index is 9.32. The predicted molar refractivity (Wildman–Crippen MR) is 41.2 cm³/mol. The summed E-state index contributed by atoms with van der Waals surface area (Å²) in [5.74, 6) is 2.17. The summed E-state index contributed by atoms with van der Waals surface area (Å²) < 4.78 is 5.59. The number of ether oxygens (including phenoxy) is 1. The number of rotatable bonds is 0. The zero-order valence-electron chi connectivity index (χ0n) is 5.88. The van der Waals surface area contributed by atoms with Crippen molar-refractivity contribution in [3.05, 3.63) is 0 Å². The van der Waals surface area contributed by atoms with Gasteiger partial charge < -0.3 is 9.84 Å². The molecule has 2 saturated heterocycles. The number of thioether (sulfide) groups is 1. The quantitative estimate of drug-likeness (QED) is 0.564. The number of aliphatic hydroxyl groups is 1. The predicted octanol–water partition coefficient (Wildman–Crippen LogP) is 0.643. The molecule has 1 spiro atoms. The van der Waals surface area contributed by atoms with E-state index in [1.807, 2.05) is 11.8 Å². The molecule has 0 amide bonds. The third kappa shape index (κ3) is 1.06. The summed E-state index contributed by atoms with van der Waals surface area (Å²) in [6, 6.07) is 0. The zero-order valence-corrected chi connectivity index (χ0v) is 6.69. The summed E-state index contributed by atoms with van der Waals surface area (Å²) in [6.45, 7) is 0.752. The lowest BCUT2D eigenvalue weighted by molar-refractivity contribution is -0.0966. The Kier molecular flexibility index (Phi) is 1.66. The minimum atomic E-state index is -0.102. The largest absolute Gasteiger partial charge is 0.393 e. The first kappa shape index (κ1) is 6.95. The maximum Gasteiger partial charge on any atom is 0.0886 e. The van der Waals surface area contributed by atoms with Crippen molar-refractivity contribution in [2.24, 2.45) is 0 Å². The molecule has 0 aliphatic carbocycles. The smallest absolute Gasteiger partial charge is 0.0886 e. The molecule has 2 aliphatic heterocycles. The van der Waals surface area contributed by atoms with Crippen molar-refractivity contribution in [1.29, 1.82) is 0 Å². The molecule has 0 aromatic rings. The molecule has 0 bridgehead atoms. The van der Waals surface area contributed by atoms with Gasteiger partial charge in [-0.05, 0) is 6.42 Å². The second-order valence-corrected chi connectivity index (χ2v) is 4.16. The van der Waals surface area contributed by atoms with E-state index in [0.29, 0.717) is 0 Å². The van der Waals surface area contributed by atoms with Crippen LogP contribution >= 0.6 is 11.8 Å². The van der Waals surface area contributed by atoms with Crippen LogP contribution in [0.5, 0.6) is 0 Å². The Morgan fingerprint density at radius 3 is 2.70 bits per heavy atom. The second kappa shape index (κ2) is 2.40. The first-order chi connectivity index (χ1) is 4.81. The van der Waals surface area contributed by atoms with E-state index in [1.165, 1.54) is 0 Å². The van der Waals surface area contributed by atoms with E-state index in [1.54, 1.807) is 0 Å². The van der Waals surface area contributed by atoms with Gasteiger partial charge in [-0.15, -0.1) is 0 Å². The van der Waals surface area contributed by atoms with Gasteiger partial charge >= 0.3 is 0 Å². The summed E-state index contributed by atoms with van der Waals surface area (Å²) >= 11 is 1.91. The van der Waals surface area contributed by atoms with Gasteiger partial charge in [-0.1, -0.05) is 0 Å². The Bertz CT molecular complexity index is 134. The van der Waals surface area contributed by atoms with Crippen molar-refractivity contribution in [3.63, 3.8) is 0 Å². The SMILES string of the molecule is OC1CCOC2(CSC2)C1. The summed E-state index contributed by atoms with van der Waals surface area (Å²) in [5.41, 5.74) is 0.0856. The number of aliphatic hydroxyl groups excluding tert-OH is 1. The molecule has 2 aliphatic rings. The Labute approximate surface area is 64.9 Å². The first-order valence-electron chi connectivity index (χ1n) is 3.71. The average Bonchev–Trinajstić information content (AvgIpc) is 1.85. The Morgan fingerprint density at radius 1 is 1.50 bits per heavy atom. The van der Waals surface area contributed by atoms with Crippen molar-refractivity contribution in [2.75, 3.05) is 18.1 Å². The van der Waals surface area contributed by atoms with Gasteiger partial charge in [0, 0.05) is 24.5 Å². The fourth-order valence-corrected chi connectivity index (χ4v) is 2.59. The monoisotopic (exact) mass is 160 g/mol. The summed E-state index contributed by atoms with van der Waals surface area (Å²) in [5, 5.41) is 9.32. The van der Waals surface area contributed by atoms with Crippen LogP contribution in [0.3, 0.4) is 0 Å². The first-order valence-corrected chi connectivity index (χ1v) is 4.86. The van der Waals surface area contributed by atoms with Crippen LogP contribution in [-0.4, -0.2) is 34.9 Å². The van der Waals surface area contributed by atoms with Crippen LogP contribution in [0, 0.1) is 0 Å². The third-order valence-corrected chi connectivity index (χ3v) is 3.66. The molecule has 1 atom stereocenters. The van der Waals surface area contributed by atoms with Crippen molar-refractivity contribution in [3.8, 4) is 0 Å². The van der Waals surface area contributed by atoms with Crippen LogP contribution < -0.4 is 0 Å². The lowest BCUT2D eigenvalue weighted by atomic mass is 9.95. The molecule has 2 nitrogen and oxygen atoms in total. The van der Waals surface area contributed by atoms with Crippen LogP contribution in [0.1, 0.15) is 12.8 Å². The molecular weight excluding hydrogens is 148 g/mol. The number of hydrogen-bond acceptors (Lipinski definition) is 3. The van der Waals surface area contributed by atoms with Crippen LogP contribution in [0.4, 0.5) is 0 Å². The van der Waals surface area contributed by atoms with Crippen LogP contribution in [0.15, 0.2) is 0 Å². The maximum atomic E-state index is 9.32. The Balaban J connectivity index is 1.96. The Hall–Kier alpha value is 0.270. The van der Waals surface area contributed by atoms with Gasteiger partial charge in [0.05, 0.1) is 11.7 Å². The molecule has 2 heterocycles. The van der Waals surface area contributed by atoms with Crippen molar-refractivity contribution in [2.45, 2.75) is 24.5 Å². The van der Waals surface area contributed by atoms with E-state index in [2.05, 4.69) is 0 Å². The summed E-state index contributed by atoms with van der Waals surface area (Å²) in [7, 11) is 0. The molecule has 2 rings (SSSR count). The van der Waals surface area contributed by atoms with Gasteiger partial charge in [0.15, 0.2) is 0 Å². The van der Waals surface area contributed by atoms with Crippen molar-refractivity contribution < 1.29 is 9.84 Å². The van der Waals surface area contributed by atoms with Crippen LogP contribution in [-0.2, 0) is 4.74 Å². The highest BCUT2D eigenvalue weighted by Crippen LogP contribution is 2.39. The molecule has 3 heteroatoms. The van der Waals surface area contributed by atoms with E-state index in [9.17, 15) is 5.11 Å². The normalized spacial score (nSPS) is 37.5. The third-order valence-electron chi connectivity index (χ3n) is 2.20. The topological polar surface area (TPSA) is 29.5 Å². The van der Waals surface area contributed by atoms with Gasteiger partial charge in [-0.25, -0.2) is 0 Å². The fourth-order valence-electron chi connectivity index (χ4n) is 1.53. The molecule has 0 radical (unpaired) electrons. The molecule has 0 aromatic heterocycles. The highest BCUT2D eigenvalue weighted by Gasteiger charge is 2.42. The second-order valence-electron chi connectivity index (χ2n) is 3.17. The summed E-state index contributed by atoms with van der Waals surface area (Å²) in [6.07, 6.45) is 1.58. The molecule has 1 unspecified atom stereocenters. The molecular formula is C7H12O2S. The van der Waals surface area contributed by atoms with E-state index >= 15 is 0 Å². The fraction of sp³-hybridized carbons (Fsp3) is 1.00. The van der Waals surface area contributed by atoms with Gasteiger partial charge in [-0.2, -0.15) is 11.8 Å². The standard InChI is InChI=1S/C7H12O2S/c8-6-1-2-9-7(3-6)4-10-5-7/h6,8H,1-5H2.